The van der Waals surface area contributed by atoms with Gasteiger partial charge in [0.1, 0.15) is 10.7 Å². The molecule has 0 spiro atoms. The summed E-state index contributed by atoms with van der Waals surface area (Å²) in [6, 6.07) is 6.00. The third-order valence-corrected chi connectivity index (χ3v) is 6.30. The van der Waals surface area contributed by atoms with Crippen LogP contribution in [0.5, 0.6) is 0 Å². The number of aromatic nitrogens is 3. The molecule has 0 N–H and O–H groups in total. The number of thiazole rings is 1. The fourth-order valence-corrected chi connectivity index (χ4v) is 4.64. The van der Waals surface area contributed by atoms with Crippen molar-refractivity contribution in [1.29, 1.82) is 0 Å². The first-order valence-corrected chi connectivity index (χ1v) is 10.6. The molecule has 8 heteroatoms. The van der Waals surface area contributed by atoms with Crippen LogP contribution in [0.4, 0.5) is 4.39 Å². The van der Waals surface area contributed by atoms with E-state index in [0.717, 1.165) is 47.9 Å². The summed E-state index contributed by atoms with van der Waals surface area (Å²) in [6.45, 7) is 5.37. The Kier molecular flexibility index (Phi) is 5.71. The average molecular weight is 415 g/mol. The predicted octanol–water partition coefficient (Wildman–Crippen LogP) is 4.43. The van der Waals surface area contributed by atoms with Crippen molar-refractivity contribution in [3.8, 4) is 11.5 Å². The highest BCUT2D eigenvalue weighted by Crippen LogP contribution is 2.26. The number of halogens is 1. The van der Waals surface area contributed by atoms with Gasteiger partial charge < -0.3 is 9.42 Å². The van der Waals surface area contributed by atoms with E-state index in [1.165, 1.54) is 23.5 Å². The van der Waals surface area contributed by atoms with Crippen LogP contribution >= 0.6 is 11.3 Å². The molecule has 1 aromatic carbocycles. The minimum absolute atomic E-state index is 0.0935. The number of likely N-dealkylation sites (tertiary alicyclic amines) is 1. The lowest BCUT2D eigenvalue weighted by atomic mass is 9.93. The van der Waals surface area contributed by atoms with E-state index in [1.54, 1.807) is 12.1 Å². The normalized spacial score (nSPS) is 16.9. The summed E-state index contributed by atoms with van der Waals surface area (Å²) in [5.74, 6) is 1.25. The molecule has 1 aliphatic rings. The highest BCUT2D eigenvalue weighted by molar-refractivity contribution is 7.13. The number of nitrogens with zero attached hydrogens (tertiary/aromatic N) is 4. The molecule has 152 valence electrons. The molecule has 1 aliphatic heterocycles. The minimum Gasteiger partial charge on any atom is -0.338 e. The molecule has 3 heterocycles. The zero-order valence-corrected chi connectivity index (χ0v) is 17.3. The van der Waals surface area contributed by atoms with Crippen LogP contribution in [0.15, 0.2) is 28.8 Å². The fourth-order valence-electron chi connectivity index (χ4n) is 3.76. The molecule has 6 nitrogen and oxygen atoms in total. The average Bonchev–Trinajstić information content (AvgIpc) is 3.32. The van der Waals surface area contributed by atoms with Crippen molar-refractivity contribution < 1.29 is 13.7 Å². The second kappa shape index (κ2) is 8.41. The predicted molar refractivity (Wildman–Crippen MR) is 108 cm³/mol. The van der Waals surface area contributed by atoms with Crippen molar-refractivity contribution in [2.24, 2.45) is 5.92 Å². The number of rotatable bonds is 5. The highest BCUT2D eigenvalue weighted by Gasteiger charge is 2.27. The second-order valence-corrected chi connectivity index (χ2v) is 8.67. The molecule has 1 saturated heterocycles. The molecule has 0 saturated carbocycles. The van der Waals surface area contributed by atoms with Crippen LogP contribution in [0.1, 0.15) is 45.5 Å². The lowest BCUT2D eigenvalue weighted by molar-refractivity contribution is 0.0672. The topological polar surface area (TPSA) is 72.1 Å². The van der Waals surface area contributed by atoms with Gasteiger partial charge in [0, 0.05) is 25.1 Å². The van der Waals surface area contributed by atoms with Crippen LogP contribution < -0.4 is 0 Å². The first-order valence-electron chi connectivity index (χ1n) is 9.81. The van der Waals surface area contributed by atoms with E-state index in [-0.39, 0.29) is 11.7 Å². The van der Waals surface area contributed by atoms with Crippen molar-refractivity contribution in [2.75, 3.05) is 13.1 Å². The Morgan fingerprint density at radius 1 is 1.28 bits per heavy atom. The third-order valence-electron chi connectivity index (χ3n) is 5.24. The van der Waals surface area contributed by atoms with Gasteiger partial charge in [-0.1, -0.05) is 5.16 Å². The molecule has 0 bridgehead atoms. The number of hydrogen-bond acceptors (Lipinski definition) is 6. The number of aryl methyl sites for hydroxylation is 3. The highest BCUT2D eigenvalue weighted by atomic mass is 32.1. The van der Waals surface area contributed by atoms with E-state index in [1.807, 2.05) is 18.7 Å². The third kappa shape index (κ3) is 4.53. The van der Waals surface area contributed by atoms with Crippen molar-refractivity contribution in [2.45, 2.75) is 39.5 Å². The van der Waals surface area contributed by atoms with Crippen molar-refractivity contribution >= 4 is 17.2 Å². The van der Waals surface area contributed by atoms with Gasteiger partial charge in [-0.25, -0.2) is 9.37 Å². The van der Waals surface area contributed by atoms with Gasteiger partial charge in [-0.2, -0.15) is 4.98 Å². The van der Waals surface area contributed by atoms with Crippen molar-refractivity contribution in [1.82, 2.24) is 20.0 Å². The number of amides is 1. The van der Waals surface area contributed by atoms with Crippen LogP contribution in [0.2, 0.25) is 0 Å². The lowest BCUT2D eigenvalue weighted by Gasteiger charge is -2.32. The smallest absolute Gasteiger partial charge is 0.265 e. The van der Waals surface area contributed by atoms with Gasteiger partial charge in [0.2, 0.25) is 0 Å². The monoisotopic (exact) mass is 414 g/mol. The SMILES string of the molecule is Cc1nc(C)c(C(=O)N2CCCC(CCc3noc(-c4ccc(F)cc4)n3)C2)s1. The quantitative estimate of drug-likeness (QED) is 0.617. The van der Waals surface area contributed by atoms with Gasteiger partial charge in [0.05, 0.1) is 10.7 Å². The van der Waals surface area contributed by atoms with Gasteiger partial charge in [-0.15, -0.1) is 11.3 Å². The molecule has 0 radical (unpaired) electrons. The van der Waals surface area contributed by atoms with Gasteiger partial charge >= 0.3 is 0 Å². The largest absolute Gasteiger partial charge is 0.338 e. The van der Waals surface area contributed by atoms with E-state index in [0.29, 0.717) is 29.6 Å². The summed E-state index contributed by atoms with van der Waals surface area (Å²) in [4.78, 5) is 24.4. The van der Waals surface area contributed by atoms with E-state index in [9.17, 15) is 9.18 Å². The molecule has 1 unspecified atom stereocenters. The molecule has 1 atom stereocenters. The van der Waals surface area contributed by atoms with Crippen LogP contribution in [0, 0.1) is 25.6 Å². The summed E-state index contributed by atoms with van der Waals surface area (Å²) in [5, 5.41) is 4.97. The Balaban J connectivity index is 1.35. The van der Waals surface area contributed by atoms with E-state index in [4.69, 9.17) is 4.52 Å². The van der Waals surface area contributed by atoms with E-state index < -0.39 is 0 Å². The Morgan fingerprint density at radius 2 is 2.07 bits per heavy atom. The number of benzene rings is 1. The van der Waals surface area contributed by atoms with Crippen LogP contribution in [0.3, 0.4) is 0 Å². The Bertz CT molecular complexity index is 999. The van der Waals surface area contributed by atoms with Crippen LogP contribution in [-0.4, -0.2) is 39.0 Å². The Morgan fingerprint density at radius 3 is 2.79 bits per heavy atom. The zero-order chi connectivity index (χ0) is 20.4. The molecular formula is C21H23FN4O2S. The Hall–Kier alpha value is -2.61. The van der Waals surface area contributed by atoms with E-state index in [2.05, 4.69) is 15.1 Å². The standard InChI is InChI=1S/C21H23FN4O2S/c1-13-19(29-14(2)23-13)21(27)26-11-3-4-15(12-26)5-10-18-24-20(28-25-18)16-6-8-17(22)9-7-16/h6-9,15H,3-5,10-12H2,1-2H3. The molecule has 1 fully saturated rings. The molecule has 1 amide bonds. The van der Waals surface area contributed by atoms with E-state index >= 15 is 0 Å². The Labute approximate surface area is 172 Å². The molecule has 2 aromatic heterocycles. The molecule has 3 aromatic rings. The summed E-state index contributed by atoms with van der Waals surface area (Å²) in [5.41, 5.74) is 1.52. The number of carbonyl (C=O) groups is 1. The van der Waals surface area contributed by atoms with Gasteiger partial charge in [-0.3, -0.25) is 4.79 Å². The van der Waals surface area contributed by atoms with Crippen molar-refractivity contribution in [3.63, 3.8) is 0 Å². The van der Waals surface area contributed by atoms with Gasteiger partial charge in [-0.05, 0) is 63.3 Å². The summed E-state index contributed by atoms with van der Waals surface area (Å²) >= 11 is 1.47. The molecule has 29 heavy (non-hydrogen) atoms. The first kappa shape index (κ1) is 19.7. The number of hydrogen-bond donors (Lipinski definition) is 0. The minimum atomic E-state index is -0.298. The maximum atomic E-state index is 13.1. The van der Waals surface area contributed by atoms with Crippen LogP contribution in [-0.2, 0) is 6.42 Å². The maximum Gasteiger partial charge on any atom is 0.265 e. The number of piperidine rings is 1. The van der Waals surface area contributed by atoms with Crippen molar-refractivity contribution in [3.05, 3.63) is 51.5 Å². The maximum absolute atomic E-state index is 13.1. The summed E-state index contributed by atoms with van der Waals surface area (Å²) in [7, 11) is 0. The lowest BCUT2D eigenvalue weighted by Crippen LogP contribution is -2.40. The first-order chi connectivity index (χ1) is 14.0. The second-order valence-electron chi connectivity index (χ2n) is 7.47. The van der Waals surface area contributed by atoms with Gasteiger partial charge in [0.25, 0.3) is 11.8 Å². The summed E-state index contributed by atoms with van der Waals surface area (Å²) < 4.78 is 18.4. The molecule has 4 rings (SSSR count). The fraction of sp³-hybridized carbons (Fsp3) is 0.429. The zero-order valence-electron chi connectivity index (χ0n) is 16.5. The molecular weight excluding hydrogens is 391 g/mol. The van der Waals surface area contributed by atoms with Crippen LogP contribution in [0.25, 0.3) is 11.5 Å². The van der Waals surface area contributed by atoms with Gasteiger partial charge in [0.15, 0.2) is 5.82 Å². The number of carbonyl (C=O) groups excluding carboxylic acids is 1. The summed E-state index contributed by atoms with van der Waals surface area (Å²) in [6.07, 6.45) is 3.68. The molecule has 0 aliphatic carbocycles.